The van der Waals surface area contributed by atoms with Crippen molar-refractivity contribution in [1.82, 2.24) is 14.7 Å². The quantitative estimate of drug-likeness (QED) is 0.762. The highest BCUT2D eigenvalue weighted by Gasteiger charge is 2.17. The fraction of sp³-hybridized carbons (Fsp3) is 0.176. The summed E-state index contributed by atoms with van der Waals surface area (Å²) in [6, 6.07) is 11.4. The first kappa shape index (κ1) is 15.6. The van der Waals surface area contributed by atoms with Crippen molar-refractivity contribution >= 4 is 27.5 Å². The van der Waals surface area contributed by atoms with Gasteiger partial charge in [0.2, 0.25) is 0 Å². The van der Waals surface area contributed by atoms with Crippen molar-refractivity contribution in [1.29, 1.82) is 0 Å². The highest BCUT2D eigenvalue weighted by atomic mass is 79.9. The third kappa shape index (κ3) is 3.07. The maximum Gasteiger partial charge on any atom is 0.270 e. The summed E-state index contributed by atoms with van der Waals surface area (Å²) in [4.78, 5) is 17.0. The van der Waals surface area contributed by atoms with Crippen LogP contribution in [-0.2, 0) is 6.54 Å². The predicted octanol–water partition coefficient (Wildman–Crippen LogP) is 3.34. The van der Waals surface area contributed by atoms with Crippen LogP contribution in [0.4, 0.5) is 0 Å². The van der Waals surface area contributed by atoms with Crippen molar-refractivity contribution in [3.05, 3.63) is 64.0 Å². The van der Waals surface area contributed by atoms with Gasteiger partial charge in [0, 0.05) is 22.8 Å². The van der Waals surface area contributed by atoms with Gasteiger partial charge in [-0.05, 0) is 41.1 Å². The maximum absolute atomic E-state index is 12.6. The average Bonchev–Trinajstić information content (AvgIpc) is 2.88. The molecule has 0 aliphatic rings. The lowest BCUT2D eigenvalue weighted by Crippen LogP contribution is -2.25. The van der Waals surface area contributed by atoms with Crippen molar-refractivity contribution in [2.45, 2.75) is 13.5 Å². The number of benzene rings is 1. The van der Waals surface area contributed by atoms with Crippen LogP contribution >= 0.6 is 15.9 Å². The molecule has 5 nitrogen and oxygen atoms in total. The van der Waals surface area contributed by atoms with Crippen LogP contribution < -0.4 is 10.1 Å². The second-order valence-electron chi connectivity index (χ2n) is 5.12. The van der Waals surface area contributed by atoms with Crippen LogP contribution in [0.1, 0.15) is 21.7 Å². The van der Waals surface area contributed by atoms with Crippen LogP contribution in [0.5, 0.6) is 5.75 Å². The Morgan fingerprint density at radius 2 is 2.09 bits per heavy atom. The first-order valence-corrected chi connectivity index (χ1v) is 7.93. The molecule has 23 heavy (non-hydrogen) atoms. The summed E-state index contributed by atoms with van der Waals surface area (Å²) in [6.45, 7) is 2.22. The minimum Gasteiger partial charge on any atom is -0.496 e. The molecule has 0 atom stereocenters. The van der Waals surface area contributed by atoms with Gasteiger partial charge in [-0.15, -0.1) is 0 Å². The van der Waals surface area contributed by atoms with Crippen LogP contribution in [0.15, 0.2) is 47.1 Å². The Kier molecular flexibility index (Phi) is 4.34. The van der Waals surface area contributed by atoms with E-state index in [-0.39, 0.29) is 5.91 Å². The third-order valence-corrected chi connectivity index (χ3v) is 4.07. The molecule has 1 aromatic carbocycles. The largest absolute Gasteiger partial charge is 0.496 e. The molecule has 0 aliphatic carbocycles. The summed E-state index contributed by atoms with van der Waals surface area (Å²) in [5, 5.41) is 2.93. The molecular weight excluding hydrogens is 358 g/mol. The molecular formula is C17H16BrN3O2. The van der Waals surface area contributed by atoms with E-state index in [4.69, 9.17) is 4.74 Å². The first-order chi connectivity index (χ1) is 11.1. The van der Waals surface area contributed by atoms with E-state index < -0.39 is 0 Å². The molecule has 0 spiro atoms. The first-order valence-electron chi connectivity index (χ1n) is 7.14. The van der Waals surface area contributed by atoms with Gasteiger partial charge in [-0.3, -0.25) is 9.20 Å². The summed E-state index contributed by atoms with van der Waals surface area (Å²) in [7, 11) is 1.62. The number of carbonyl (C=O) groups is 1. The van der Waals surface area contributed by atoms with Crippen molar-refractivity contribution < 1.29 is 9.53 Å². The minimum absolute atomic E-state index is 0.168. The molecule has 1 N–H and O–H groups in total. The third-order valence-electron chi connectivity index (χ3n) is 3.60. The predicted molar refractivity (Wildman–Crippen MR) is 91.8 cm³/mol. The monoisotopic (exact) mass is 373 g/mol. The summed E-state index contributed by atoms with van der Waals surface area (Å²) < 4.78 is 7.98. The number of amides is 1. The van der Waals surface area contributed by atoms with Crippen LogP contribution in [-0.4, -0.2) is 22.4 Å². The number of fused-ring (bicyclic) bond motifs is 1. The molecule has 0 fully saturated rings. The van der Waals surface area contributed by atoms with Crippen LogP contribution in [0, 0.1) is 6.92 Å². The zero-order valence-electron chi connectivity index (χ0n) is 12.8. The Balaban J connectivity index is 1.86. The number of nitrogens with zero attached hydrogens (tertiary/aromatic N) is 2. The van der Waals surface area contributed by atoms with Gasteiger partial charge in [0.25, 0.3) is 5.91 Å². The minimum atomic E-state index is -0.168. The zero-order valence-corrected chi connectivity index (χ0v) is 14.4. The number of carbonyl (C=O) groups excluding carboxylic acids is 1. The molecule has 0 bridgehead atoms. The molecule has 2 heterocycles. The number of para-hydroxylation sites is 1. The molecule has 1 amide bonds. The van der Waals surface area contributed by atoms with E-state index in [2.05, 4.69) is 26.2 Å². The van der Waals surface area contributed by atoms with E-state index >= 15 is 0 Å². The SMILES string of the molecule is COc1ccccc1CNC(=O)c1c(C)nc2ccc(Br)cn12. The van der Waals surface area contributed by atoms with Crippen molar-refractivity contribution in [3.63, 3.8) is 0 Å². The van der Waals surface area contributed by atoms with E-state index in [0.717, 1.165) is 21.4 Å². The van der Waals surface area contributed by atoms with Crippen molar-refractivity contribution in [2.24, 2.45) is 0 Å². The molecule has 6 heteroatoms. The molecule has 0 unspecified atom stereocenters. The molecule has 0 saturated heterocycles. The number of imidazole rings is 1. The van der Waals surface area contributed by atoms with E-state index in [1.165, 1.54) is 0 Å². The molecule has 0 radical (unpaired) electrons. The lowest BCUT2D eigenvalue weighted by Gasteiger charge is -2.10. The Morgan fingerprint density at radius 3 is 2.87 bits per heavy atom. The van der Waals surface area contributed by atoms with Gasteiger partial charge in [0.05, 0.1) is 12.8 Å². The lowest BCUT2D eigenvalue weighted by atomic mass is 10.2. The lowest BCUT2D eigenvalue weighted by molar-refractivity contribution is 0.0944. The number of aromatic nitrogens is 2. The van der Waals surface area contributed by atoms with Crippen molar-refractivity contribution in [3.8, 4) is 5.75 Å². The highest BCUT2D eigenvalue weighted by Crippen LogP contribution is 2.19. The van der Waals surface area contributed by atoms with E-state index in [1.807, 2.05) is 49.5 Å². The number of ether oxygens (including phenoxy) is 1. The smallest absolute Gasteiger partial charge is 0.270 e. The van der Waals surface area contributed by atoms with Gasteiger partial charge in [0.15, 0.2) is 0 Å². The van der Waals surface area contributed by atoms with Gasteiger partial charge in [-0.25, -0.2) is 4.98 Å². The van der Waals surface area contributed by atoms with Crippen molar-refractivity contribution in [2.75, 3.05) is 7.11 Å². The molecule has 118 valence electrons. The number of nitrogens with one attached hydrogen (secondary N) is 1. The zero-order chi connectivity index (χ0) is 16.4. The molecule has 3 aromatic rings. The molecule has 0 saturated carbocycles. The summed E-state index contributed by atoms with van der Waals surface area (Å²) in [5.41, 5.74) is 2.90. The number of methoxy groups -OCH3 is 1. The van der Waals surface area contributed by atoms with Gasteiger partial charge in [-0.1, -0.05) is 18.2 Å². The summed E-state index contributed by atoms with van der Waals surface area (Å²) in [6.07, 6.45) is 1.84. The number of rotatable bonds is 4. The number of pyridine rings is 1. The summed E-state index contributed by atoms with van der Waals surface area (Å²) in [5.74, 6) is 0.587. The van der Waals surface area contributed by atoms with Crippen LogP contribution in [0.25, 0.3) is 5.65 Å². The average molecular weight is 374 g/mol. The molecule has 2 aromatic heterocycles. The fourth-order valence-corrected chi connectivity index (χ4v) is 2.86. The maximum atomic E-state index is 12.6. The molecule has 3 rings (SSSR count). The second kappa shape index (κ2) is 6.42. The van der Waals surface area contributed by atoms with Crippen LogP contribution in [0.3, 0.4) is 0 Å². The number of hydrogen-bond acceptors (Lipinski definition) is 3. The Morgan fingerprint density at radius 1 is 1.30 bits per heavy atom. The van der Waals surface area contributed by atoms with Gasteiger partial charge < -0.3 is 10.1 Å². The molecule has 0 aliphatic heterocycles. The van der Waals surface area contributed by atoms with E-state index in [9.17, 15) is 4.79 Å². The van der Waals surface area contributed by atoms with Crippen LogP contribution in [0.2, 0.25) is 0 Å². The normalized spacial score (nSPS) is 10.7. The Labute approximate surface area is 142 Å². The standard InChI is InChI=1S/C17H16BrN3O2/c1-11-16(21-10-13(18)7-8-15(21)20-11)17(22)19-9-12-5-3-4-6-14(12)23-2/h3-8,10H,9H2,1-2H3,(H,19,22). The Hall–Kier alpha value is -2.34. The fourth-order valence-electron chi connectivity index (χ4n) is 2.52. The number of halogens is 1. The van der Waals surface area contributed by atoms with E-state index in [1.54, 1.807) is 11.5 Å². The van der Waals surface area contributed by atoms with Gasteiger partial charge in [-0.2, -0.15) is 0 Å². The number of aryl methyl sites for hydroxylation is 1. The summed E-state index contributed by atoms with van der Waals surface area (Å²) >= 11 is 3.42. The number of hydrogen-bond donors (Lipinski definition) is 1. The topological polar surface area (TPSA) is 55.6 Å². The van der Waals surface area contributed by atoms with E-state index in [0.29, 0.717) is 17.9 Å². The highest BCUT2D eigenvalue weighted by molar-refractivity contribution is 9.10. The second-order valence-corrected chi connectivity index (χ2v) is 6.03. The van der Waals surface area contributed by atoms with Gasteiger partial charge in [0.1, 0.15) is 17.1 Å². The van der Waals surface area contributed by atoms with Gasteiger partial charge >= 0.3 is 0 Å². The Bertz CT molecular complexity index is 873.